The Morgan fingerprint density at radius 2 is 2.04 bits per heavy atom. The summed E-state index contributed by atoms with van der Waals surface area (Å²) in [6.45, 7) is 3.98. The molecule has 124 valence electrons. The van der Waals surface area contributed by atoms with Crippen molar-refractivity contribution >= 4 is 10.0 Å². The molecule has 2 heterocycles. The summed E-state index contributed by atoms with van der Waals surface area (Å²) in [5, 5.41) is 4.04. The van der Waals surface area contributed by atoms with Crippen LogP contribution in [0.4, 0.5) is 4.39 Å². The summed E-state index contributed by atoms with van der Waals surface area (Å²) in [5.74, 6) is -0.462. The minimum atomic E-state index is -3.84. The minimum absolute atomic E-state index is 0.0477. The Balaban J connectivity index is 1.93. The van der Waals surface area contributed by atoms with E-state index in [1.807, 2.05) is 13.8 Å². The molecule has 1 aliphatic rings. The average Bonchev–Trinajstić information content (AvgIpc) is 2.95. The van der Waals surface area contributed by atoms with Crippen molar-refractivity contribution in [2.75, 3.05) is 13.2 Å². The Hall–Kier alpha value is -1.77. The van der Waals surface area contributed by atoms with Gasteiger partial charge < -0.3 is 4.74 Å². The van der Waals surface area contributed by atoms with Gasteiger partial charge in [-0.2, -0.15) is 9.82 Å². The molecule has 2 aromatic rings. The highest BCUT2D eigenvalue weighted by molar-refractivity contribution is 7.89. The van der Waals surface area contributed by atoms with Gasteiger partial charge >= 0.3 is 0 Å². The van der Waals surface area contributed by atoms with E-state index >= 15 is 0 Å². The molecule has 1 fully saturated rings. The van der Waals surface area contributed by atoms with E-state index in [1.54, 1.807) is 22.9 Å². The van der Waals surface area contributed by atoms with E-state index in [2.05, 4.69) is 9.82 Å². The van der Waals surface area contributed by atoms with Gasteiger partial charge in [-0.25, -0.2) is 12.8 Å². The second kappa shape index (κ2) is 5.70. The van der Waals surface area contributed by atoms with E-state index in [9.17, 15) is 12.8 Å². The molecule has 0 radical (unpaired) electrons. The van der Waals surface area contributed by atoms with Gasteiger partial charge in [-0.1, -0.05) is 18.2 Å². The van der Waals surface area contributed by atoms with Crippen molar-refractivity contribution in [2.24, 2.45) is 0 Å². The quantitative estimate of drug-likeness (QED) is 0.902. The van der Waals surface area contributed by atoms with Crippen LogP contribution < -0.4 is 4.72 Å². The maximum absolute atomic E-state index is 14.1. The van der Waals surface area contributed by atoms with Gasteiger partial charge in [0, 0.05) is 17.8 Å². The molecule has 6 nitrogen and oxygen atoms in total. The monoisotopic (exact) mass is 339 g/mol. The van der Waals surface area contributed by atoms with Crippen LogP contribution >= 0.6 is 0 Å². The van der Waals surface area contributed by atoms with Gasteiger partial charge in [0.1, 0.15) is 16.3 Å². The first-order valence-electron chi connectivity index (χ1n) is 7.25. The van der Waals surface area contributed by atoms with Gasteiger partial charge in [-0.05, 0) is 19.9 Å². The van der Waals surface area contributed by atoms with Crippen LogP contribution in [0.2, 0.25) is 0 Å². The van der Waals surface area contributed by atoms with Gasteiger partial charge in [0.05, 0.1) is 19.4 Å². The van der Waals surface area contributed by atoms with Gasteiger partial charge in [0.25, 0.3) is 0 Å². The van der Waals surface area contributed by atoms with Crippen molar-refractivity contribution in [3.8, 4) is 0 Å². The van der Waals surface area contributed by atoms with E-state index < -0.39 is 21.4 Å². The van der Waals surface area contributed by atoms with Crippen LogP contribution in [0.3, 0.4) is 0 Å². The lowest BCUT2D eigenvalue weighted by atomic mass is 9.89. The van der Waals surface area contributed by atoms with Crippen LogP contribution in [0.25, 0.3) is 0 Å². The number of nitrogens with zero attached hydrogens (tertiary/aromatic N) is 2. The van der Waals surface area contributed by atoms with Crippen LogP contribution in [0.1, 0.15) is 25.5 Å². The summed E-state index contributed by atoms with van der Waals surface area (Å²) in [7, 11) is -3.84. The zero-order valence-electron chi connectivity index (χ0n) is 12.9. The van der Waals surface area contributed by atoms with E-state index in [-0.39, 0.29) is 29.7 Å². The third-order valence-corrected chi connectivity index (χ3v) is 5.32. The van der Waals surface area contributed by atoms with Crippen molar-refractivity contribution in [2.45, 2.75) is 30.3 Å². The summed E-state index contributed by atoms with van der Waals surface area (Å²) in [6, 6.07) is 6.15. The molecule has 1 aliphatic heterocycles. The molecule has 23 heavy (non-hydrogen) atoms. The maximum atomic E-state index is 14.1. The Morgan fingerprint density at radius 1 is 1.35 bits per heavy atom. The largest absolute Gasteiger partial charge is 0.377 e. The summed E-state index contributed by atoms with van der Waals surface area (Å²) in [5.41, 5.74) is -0.796. The first-order chi connectivity index (χ1) is 10.8. The highest BCUT2D eigenvalue weighted by atomic mass is 32.2. The molecule has 0 aliphatic carbocycles. The van der Waals surface area contributed by atoms with Gasteiger partial charge in [-0.15, -0.1) is 0 Å². The normalized spacial score (nSPS) is 17.2. The number of hydrogen-bond donors (Lipinski definition) is 1. The zero-order valence-corrected chi connectivity index (χ0v) is 13.7. The number of hydrogen-bond acceptors (Lipinski definition) is 4. The van der Waals surface area contributed by atoms with Gasteiger partial charge in [-0.3, -0.25) is 4.68 Å². The smallest absolute Gasteiger partial charge is 0.244 e. The molecule has 1 saturated heterocycles. The van der Waals surface area contributed by atoms with Crippen molar-refractivity contribution in [1.82, 2.24) is 14.5 Å². The Labute approximate surface area is 134 Å². The molecule has 0 unspecified atom stereocenters. The molecule has 0 atom stereocenters. The van der Waals surface area contributed by atoms with Crippen molar-refractivity contribution < 1.29 is 17.5 Å². The topological polar surface area (TPSA) is 73.2 Å². The summed E-state index contributed by atoms with van der Waals surface area (Å²) in [4.78, 5) is 0.0498. The SMILES string of the molecule is CC(C)n1cc(S(=O)(=O)NC2(c3ccccc3F)COC2)cn1. The second-order valence-corrected chi connectivity index (χ2v) is 7.59. The molecule has 0 spiro atoms. The summed E-state index contributed by atoms with van der Waals surface area (Å²) >= 11 is 0. The van der Waals surface area contributed by atoms with E-state index in [0.717, 1.165) is 0 Å². The third-order valence-electron chi connectivity index (χ3n) is 3.83. The molecule has 3 rings (SSSR count). The van der Waals surface area contributed by atoms with Gasteiger partial charge in [0.15, 0.2) is 0 Å². The summed E-state index contributed by atoms with van der Waals surface area (Å²) in [6.07, 6.45) is 2.75. The summed E-state index contributed by atoms with van der Waals surface area (Å²) < 4.78 is 48.6. The number of aromatic nitrogens is 2. The molecular weight excluding hydrogens is 321 g/mol. The first-order valence-corrected chi connectivity index (χ1v) is 8.73. The highest BCUT2D eigenvalue weighted by Gasteiger charge is 2.45. The first kappa shape index (κ1) is 16.1. The minimum Gasteiger partial charge on any atom is -0.377 e. The predicted molar refractivity (Wildman–Crippen MR) is 81.8 cm³/mol. The van der Waals surface area contributed by atoms with E-state index in [0.29, 0.717) is 0 Å². The molecule has 1 N–H and O–H groups in total. The Morgan fingerprint density at radius 3 is 2.57 bits per heavy atom. The van der Waals surface area contributed by atoms with Crippen LogP contribution in [-0.4, -0.2) is 31.4 Å². The van der Waals surface area contributed by atoms with Crippen LogP contribution in [0.15, 0.2) is 41.6 Å². The molecule has 0 amide bonds. The molecule has 1 aromatic heterocycles. The lowest BCUT2D eigenvalue weighted by Crippen LogP contribution is -2.59. The second-order valence-electron chi connectivity index (χ2n) is 5.91. The number of ether oxygens (including phenoxy) is 1. The van der Waals surface area contributed by atoms with Crippen molar-refractivity contribution in [1.29, 1.82) is 0 Å². The lowest BCUT2D eigenvalue weighted by molar-refractivity contribution is -0.0680. The number of sulfonamides is 1. The average molecular weight is 339 g/mol. The van der Waals surface area contributed by atoms with Crippen LogP contribution in [0, 0.1) is 5.82 Å². The lowest BCUT2D eigenvalue weighted by Gasteiger charge is -2.42. The number of halogens is 1. The molecular formula is C15H18FN3O3S. The third kappa shape index (κ3) is 2.89. The maximum Gasteiger partial charge on any atom is 0.244 e. The number of nitrogens with one attached hydrogen (secondary N) is 1. The predicted octanol–water partition coefficient (Wildman–Crippen LogP) is 1.81. The number of benzene rings is 1. The van der Waals surface area contributed by atoms with Crippen molar-refractivity contribution in [3.63, 3.8) is 0 Å². The molecule has 1 aromatic carbocycles. The molecule has 0 saturated carbocycles. The standard InChI is InChI=1S/C15H18FN3O3S/c1-11(2)19-8-12(7-17-19)23(20,21)18-15(9-22-10-15)13-5-3-4-6-14(13)16/h3-8,11,18H,9-10H2,1-2H3. The fourth-order valence-electron chi connectivity index (χ4n) is 2.48. The van der Waals surface area contributed by atoms with Crippen LogP contribution in [0.5, 0.6) is 0 Å². The fourth-order valence-corrected chi connectivity index (χ4v) is 3.78. The van der Waals surface area contributed by atoms with Gasteiger partial charge in [0.2, 0.25) is 10.0 Å². The van der Waals surface area contributed by atoms with Crippen LogP contribution in [-0.2, 0) is 20.3 Å². The Bertz CT molecular complexity index is 813. The fraction of sp³-hybridized carbons (Fsp3) is 0.400. The number of rotatable bonds is 5. The highest BCUT2D eigenvalue weighted by Crippen LogP contribution is 2.33. The molecule has 0 bridgehead atoms. The van der Waals surface area contributed by atoms with Crippen molar-refractivity contribution in [3.05, 3.63) is 48.0 Å². The van der Waals surface area contributed by atoms with E-state index in [4.69, 9.17) is 4.74 Å². The molecule has 8 heteroatoms. The Kier molecular flexibility index (Phi) is 3.99. The van der Waals surface area contributed by atoms with E-state index in [1.165, 1.54) is 18.5 Å². The zero-order chi connectivity index (χ0) is 16.7.